The van der Waals surface area contributed by atoms with Gasteiger partial charge in [0.1, 0.15) is 6.04 Å². The molecule has 94 valence electrons. The number of urea groups is 1. The average Bonchev–Trinajstić information content (AvgIpc) is 2.84. The summed E-state index contributed by atoms with van der Waals surface area (Å²) in [5, 5.41) is 12.2. The summed E-state index contributed by atoms with van der Waals surface area (Å²) in [6.45, 7) is 0.625. The molecule has 0 bridgehead atoms. The van der Waals surface area contributed by atoms with Crippen molar-refractivity contribution in [2.75, 3.05) is 6.54 Å². The molecule has 0 aromatic rings. The zero-order valence-electron chi connectivity index (χ0n) is 9.76. The van der Waals surface area contributed by atoms with Gasteiger partial charge >= 0.3 is 12.0 Å². The van der Waals surface area contributed by atoms with Crippen LogP contribution in [-0.4, -0.2) is 40.6 Å². The molecule has 3 fully saturated rings. The molecule has 2 N–H and O–H groups in total. The maximum atomic E-state index is 12.0. The summed E-state index contributed by atoms with van der Waals surface area (Å²) in [5.41, 5.74) is 0. The molecule has 1 aliphatic heterocycles. The van der Waals surface area contributed by atoms with Crippen molar-refractivity contribution in [2.45, 2.75) is 44.2 Å². The molecule has 1 saturated heterocycles. The van der Waals surface area contributed by atoms with Crippen molar-refractivity contribution in [3.05, 3.63) is 0 Å². The Morgan fingerprint density at radius 3 is 2.59 bits per heavy atom. The molecule has 3 rings (SSSR count). The zero-order valence-corrected chi connectivity index (χ0v) is 9.76. The Kier molecular flexibility index (Phi) is 2.49. The van der Waals surface area contributed by atoms with Gasteiger partial charge in [0, 0.05) is 12.6 Å². The van der Waals surface area contributed by atoms with E-state index >= 15 is 0 Å². The summed E-state index contributed by atoms with van der Waals surface area (Å²) >= 11 is 0. The van der Waals surface area contributed by atoms with E-state index in [0.717, 1.165) is 32.1 Å². The van der Waals surface area contributed by atoms with Gasteiger partial charge < -0.3 is 15.3 Å². The van der Waals surface area contributed by atoms with Crippen molar-refractivity contribution in [3.8, 4) is 0 Å². The molecule has 2 saturated carbocycles. The van der Waals surface area contributed by atoms with Gasteiger partial charge in [-0.2, -0.15) is 0 Å². The van der Waals surface area contributed by atoms with E-state index in [2.05, 4.69) is 5.32 Å². The van der Waals surface area contributed by atoms with Crippen LogP contribution in [0.25, 0.3) is 0 Å². The normalized spacial score (nSPS) is 35.8. The highest BCUT2D eigenvalue weighted by Gasteiger charge is 2.49. The molecule has 2 aliphatic carbocycles. The zero-order chi connectivity index (χ0) is 12.0. The Morgan fingerprint density at radius 2 is 1.94 bits per heavy atom. The largest absolute Gasteiger partial charge is 0.480 e. The van der Waals surface area contributed by atoms with Crippen molar-refractivity contribution in [3.63, 3.8) is 0 Å². The van der Waals surface area contributed by atoms with Gasteiger partial charge in [-0.3, -0.25) is 0 Å². The predicted octanol–water partition coefficient (Wildman–Crippen LogP) is 1.04. The van der Waals surface area contributed by atoms with E-state index in [4.69, 9.17) is 0 Å². The second kappa shape index (κ2) is 3.89. The van der Waals surface area contributed by atoms with E-state index in [9.17, 15) is 14.7 Å². The Bertz CT molecular complexity index is 354. The molecular weight excluding hydrogens is 220 g/mol. The summed E-state index contributed by atoms with van der Waals surface area (Å²) < 4.78 is 0. The van der Waals surface area contributed by atoms with Crippen LogP contribution in [0.3, 0.4) is 0 Å². The molecule has 17 heavy (non-hydrogen) atoms. The number of likely N-dealkylation sites (tertiary alicyclic amines) is 1. The molecule has 0 radical (unpaired) electrons. The van der Waals surface area contributed by atoms with Crippen LogP contribution in [-0.2, 0) is 4.79 Å². The fraction of sp³-hybridized carbons (Fsp3) is 0.833. The summed E-state index contributed by atoms with van der Waals surface area (Å²) in [5.74, 6) is -0.260. The first-order valence-corrected chi connectivity index (χ1v) is 6.47. The number of carboxylic acid groups (broad SMARTS) is 1. The van der Waals surface area contributed by atoms with Crippen LogP contribution in [0.1, 0.15) is 32.1 Å². The Labute approximate surface area is 100 Å². The first-order chi connectivity index (χ1) is 8.16. The number of nitrogens with one attached hydrogen (secondary N) is 1. The number of nitrogens with zero attached hydrogens (tertiary/aromatic N) is 1. The number of amides is 2. The number of carbonyl (C=O) groups is 2. The lowest BCUT2D eigenvalue weighted by Gasteiger charge is -2.24. The van der Waals surface area contributed by atoms with Gasteiger partial charge in [-0.25, -0.2) is 9.59 Å². The van der Waals surface area contributed by atoms with Gasteiger partial charge in [0.05, 0.1) is 0 Å². The van der Waals surface area contributed by atoms with Gasteiger partial charge in [0.2, 0.25) is 0 Å². The van der Waals surface area contributed by atoms with Gasteiger partial charge in [0.15, 0.2) is 0 Å². The lowest BCUT2D eigenvalue weighted by molar-refractivity contribution is -0.142. The van der Waals surface area contributed by atoms with E-state index in [0.29, 0.717) is 12.5 Å². The summed E-state index contributed by atoms with van der Waals surface area (Å²) in [7, 11) is 0. The maximum absolute atomic E-state index is 12.0. The van der Waals surface area contributed by atoms with Crippen molar-refractivity contribution in [1.29, 1.82) is 0 Å². The first kappa shape index (κ1) is 10.9. The van der Waals surface area contributed by atoms with Crippen LogP contribution in [0, 0.1) is 11.8 Å². The number of carboxylic acids is 1. The molecule has 3 atom stereocenters. The quantitative estimate of drug-likeness (QED) is 0.755. The van der Waals surface area contributed by atoms with Crippen molar-refractivity contribution in [1.82, 2.24) is 10.2 Å². The highest BCUT2D eigenvalue weighted by atomic mass is 16.4. The minimum atomic E-state index is -0.842. The fourth-order valence-electron chi connectivity index (χ4n) is 3.32. The Morgan fingerprint density at radius 1 is 1.18 bits per heavy atom. The third-order valence-electron chi connectivity index (χ3n) is 4.31. The highest BCUT2D eigenvalue weighted by molar-refractivity contribution is 5.84. The molecule has 3 unspecified atom stereocenters. The number of hydrogen-bond donors (Lipinski definition) is 2. The van der Waals surface area contributed by atoms with Crippen LogP contribution in [0.15, 0.2) is 0 Å². The number of aliphatic carboxylic acids is 1. The SMILES string of the molecule is O=C(O)C1C2CCCC2CN1C(=O)NC1CC1. The van der Waals surface area contributed by atoms with Crippen molar-refractivity contribution in [2.24, 2.45) is 11.8 Å². The third kappa shape index (κ3) is 1.87. The number of rotatable bonds is 2. The van der Waals surface area contributed by atoms with Crippen LogP contribution >= 0.6 is 0 Å². The molecular formula is C12H18N2O3. The maximum Gasteiger partial charge on any atom is 0.326 e. The van der Waals surface area contributed by atoms with Crippen molar-refractivity contribution < 1.29 is 14.7 Å². The average molecular weight is 238 g/mol. The Hall–Kier alpha value is -1.26. The summed E-state index contributed by atoms with van der Waals surface area (Å²) in [6.07, 6.45) is 5.20. The van der Waals surface area contributed by atoms with Crippen molar-refractivity contribution >= 4 is 12.0 Å². The standard InChI is InChI=1S/C12H18N2O3/c15-11(16)10-9-3-1-2-7(9)6-14(10)12(17)13-8-4-5-8/h7-10H,1-6H2,(H,13,17)(H,15,16). The van der Waals surface area contributed by atoms with Gasteiger partial charge in [-0.15, -0.1) is 0 Å². The van der Waals surface area contributed by atoms with E-state index in [1.54, 1.807) is 4.90 Å². The van der Waals surface area contributed by atoms with Crippen LogP contribution in [0.4, 0.5) is 4.79 Å². The molecule has 5 nitrogen and oxygen atoms in total. The number of hydrogen-bond acceptors (Lipinski definition) is 2. The van der Waals surface area contributed by atoms with Gasteiger partial charge in [-0.1, -0.05) is 6.42 Å². The van der Waals surface area contributed by atoms with Crippen LogP contribution in [0.2, 0.25) is 0 Å². The van der Waals surface area contributed by atoms with E-state index in [-0.39, 0.29) is 18.0 Å². The first-order valence-electron chi connectivity index (χ1n) is 6.47. The lowest BCUT2D eigenvalue weighted by atomic mass is 9.94. The molecule has 0 spiro atoms. The number of carbonyl (C=O) groups excluding carboxylic acids is 1. The highest BCUT2D eigenvalue weighted by Crippen LogP contribution is 2.42. The topological polar surface area (TPSA) is 69.6 Å². The second-order valence-electron chi connectivity index (χ2n) is 5.51. The molecule has 0 aromatic carbocycles. The Balaban J connectivity index is 1.73. The smallest absolute Gasteiger partial charge is 0.326 e. The predicted molar refractivity (Wildman–Crippen MR) is 60.5 cm³/mol. The molecule has 2 amide bonds. The van der Waals surface area contributed by atoms with E-state index < -0.39 is 12.0 Å². The number of fused-ring (bicyclic) bond motifs is 1. The van der Waals surface area contributed by atoms with Crippen LogP contribution < -0.4 is 5.32 Å². The minimum absolute atomic E-state index is 0.172. The third-order valence-corrected chi connectivity index (χ3v) is 4.31. The summed E-state index contributed by atoms with van der Waals surface area (Å²) in [6, 6.07) is -0.479. The van der Waals surface area contributed by atoms with Crippen LogP contribution in [0.5, 0.6) is 0 Å². The van der Waals surface area contributed by atoms with E-state index in [1.807, 2.05) is 0 Å². The molecule has 5 heteroatoms. The van der Waals surface area contributed by atoms with Gasteiger partial charge in [-0.05, 0) is 37.5 Å². The lowest BCUT2D eigenvalue weighted by Crippen LogP contribution is -2.48. The van der Waals surface area contributed by atoms with E-state index in [1.165, 1.54) is 0 Å². The monoisotopic (exact) mass is 238 g/mol. The summed E-state index contributed by atoms with van der Waals surface area (Å²) in [4.78, 5) is 24.9. The minimum Gasteiger partial charge on any atom is -0.480 e. The molecule has 3 aliphatic rings. The molecule has 0 aromatic heterocycles. The molecule has 1 heterocycles. The van der Waals surface area contributed by atoms with Gasteiger partial charge in [0.25, 0.3) is 0 Å². The fourth-order valence-corrected chi connectivity index (χ4v) is 3.32. The second-order valence-corrected chi connectivity index (χ2v) is 5.51.